The molecule has 0 aliphatic carbocycles. The standard InChI is InChI=1S/C31H32FN5O3/c1-21(38)27-19-36(28-12-11-24(16-26(27)28)35-25-10-6-13-33-17-25)20-30(39)37-18-23(32)15-29(37)31(40)34-14-5-9-22-7-3-2-4-8-22/h2-4,6-8,10-13,16-17,19,23,29,35H,5,9,14-15,18,20H2,1H3,(H,34,40). The van der Waals surface area contributed by atoms with Crippen LogP contribution in [0.15, 0.2) is 79.3 Å². The van der Waals surface area contributed by atoms with Crippen LogP contribution in [-0.2, 0) is 22.6 Å². The number of fused-ring (bicyclic) bond motifs is 1. The average Bonchev–Trinajstić information content (AvgIpc) is 3.52. The van der Waals surface area contributed by atoms with E-state index in [0.29, 0.717) is 23.0 Å². The summed E-state index contributed by atoms with van der Waals surface area (Å²) >= 11 is 0. The fraction of sp³-hybridized carbons (Fsp3) is 0.290. The van der Waals surface area contributed by atoms with Gasteiger partial charge in [-0.25, -0.2) is 4.39 Å². The fourth-order valence-corrected chi connectivity index (χ4v) is 5.20. The van der Waals surface area contributed by atoms with E-state index in [4.69, 9.17) is 0 Å². The molecule has 4 aromatic rings. The molecule has 1 aliphatic heterocycles. The van der Waals surface area contributed by atoms with Gasteiger partial charge in [-0.05, 0) is 55.7 Å². The number of ketones is 1. The molecule has 1 saturated heterocycles. The number of nitrogens with zero attached hydrogens (tertiary/aromatic N) is 3. The first-order valence-electron chi connectivity index (χ1n) is 13.4. The third kappa shape index (κ3) is 6.20. The van der Waals surface area contributed by atoms with Crippen LogP contribution in [0.4, 0.5) is 15.8 Å². The van der Waals surface area contributed by atoms with Gasteiger partial charge in [0.05, 0.1) is 18.4 Å². The van der Waals surface area contributed by atoms with Crippen LogP contribution in [0.5, 0.6) is 0 Å². The first-order chi connectivity index (χ1) is 19.4. The molecule has 5 rings (SSSR count). The Kier molecular flexibility index (Phi) is 8.19. The number of benzene rings is 2. The highest BCUT2D eigenvalue weighted by atomic mass is 19.1. The zero-order chi connectivity index (χ0) is 28.1. The van der Waals surface area contributed by atoms with E-state index in [-0.39, 0.29) is 37.1 Å². The van der Waals surface area contributed by atoms with E-state index in [1.807, 2.05) is 60.7 Å². The molecular weight excluding hydrogens is 509 g/mol. The Bertz CT molecular complexity index is 1510. The summed E-state index contributed by atoms with van der Waals surface area (Å²) in [7, 11) is 0. The third-order valence-electron chi connectivity index (χ3n) is 7.17. The summed E-state index contributed by atoms with van der Waals surface area (Å²) < 4.78 is 16.1. The van der Waals surface area contributed by atoms with Crippen molar-refractivity contribution in [1.29, 1.82) is 0 Å². The summed E-state index contributed by atoms with van der Waals surface area (Å²) in [4.78, 5) is 44.2. The number of rotatable bonds is 10. The van der Waals surface area contributed by atoms with Crippen LogP contribution in [0.25, 0.3) is 10.9 Å². The van der Waals surface area contributed by atoms with E-state index in [9.17, 15) is 18.8 Å². The molecule has 2 unspecified atom stereocenters. The number of halogens is 1. The summed E-state index contributed by atoms with van der Waals surface area (Å²) in [5.41, 5.74) is 3.95. The van der Waals surface area contributed by atoms with Gasteiger partial charge in [-0.2, -0.15) is 0 Å². The third-order valence-corrected chi connectivity index (χ3v) is 7.17. The van der Waals surface area contributed by atoms with Crippen LogP contribution in [0.2, 0.25) is 0 Å². The number of likely N-dealkylation sites (tertiary alicyclic amines) is 1. The minimum atomic E-state index is -1.26. The van der Waals surface area contributed by atoms with E-state index in [2.05, 4.69) is 15.6 Å². The highest BCUT2D eigenvalue weighted by molar-refractivity contribution is 6.08. The van der Waals surface area contributed by atoms with E-state index in [1.165, 1.54) is 17.4 Å². The molecule has 0 spiro atoms. The highest BCUT2D eigenvalue weighted by Gasteiger charge is 2.39. The molecule has 206 valence electrons. The van der Waals surface area contributed by atoms with Crippen molar-refractivity contribution in [2.24, 2.45) is 0 Å². The van der Waals surface area contributed by atoms with Gasteiger partial charge in [0.25, 0.3) is 0 Å². The second kappa shape index (κ2) is 12.1. The van der Waals surface area contributed by atoms with Crippen molar-refractivity contribution in [2.45, 2.75) is 44.9 Å². The number of alkyl halides is 1. The maximum atomic E-state index is 14.4. The van der Waals surface area contributed by atoms with Gasteiger partial charge < -0.3 is 20.1 Å². The molecule has 2 aromatic carbocycles. The van der Waals surface area contributed by atoms with Crippen molar-refractivity contribution in [3.8, 4) is 0 Å². The van der Waals surface area contributed by atoms with Gasteiger partial charge in [-0.3, -0.25) is 19.4 Å². The fourth-order valence-electron chi connectivity index (χ4n) is 5.20. The molecule has 2 atom stereocenters. The minimum absolute atomic E-state index is 0.0231. The summed E-state index contributed by atoms with van der Waals surface area (Å²) in [5, 5.41) is 6.84. The topological polar surface area (TPSA) is 96.3 Å². The maximum Gasteiger partial charge on any atom is 0.243 e. The highest BCUT2D eigenvalue weighted by Crippen LogP contribution is 2.28. The number of nitrogens with one attached hydrogen (secondary N) is 2. The molecule has 0 saturated carbocycles. The number of hydrogen-bond donors (Lipinski definition) is 2. The second-order valence-electron chi connectivity index (χ2n) is 10.1. The van der Waals surface area contributed by atoms with Gasteiger partial charge in [-0.15, -0.1) is 0 Å². The Morgan fingerprint density at radius 1 is 1.05 bits per heavy atom. The number of carbonyl (C=O) groups is 3. The molecule has 1 aliphatic rings. The number of pyridine rings is 1. The molecule has 8 nitrogen and oxygen atoms in total. The van der Waals surface area contributed by atoms with Crippen molar-refractivity contribution in [2.75, 3.05) is 18.4 Å². The summed E-state index contributed by atoms with van der Waals surface area (Å²) in [6.45, 7) is 1.69. The summed E-state index contributed by atoms with van der Waals surface area (Å²) in [6, 6.07) is 18.4. The monoisotopic (exact) mass is 541 g/mol. The Labute approximate surface area is 232 Å². The zero-order valence-corrected chi connectivity index (χ0v) is 22.3. The molecule has 40 heavy (non-hydrogen) atoms. The van der Waals surface area contributed by atoms with Crippen LogP contribution in [0.1, 0.15) is 35.7 Å². The van der Waals surface area contributed by atoms with Crippen molar-refractivity contribution < 1.29 is 18.8 Å². The smallest absolute Gasteiger partial charge is 0.243 e. The van der Waals surface area contributed by atoms with Crippen molar-refractivity contribution in [1.82, 2.24) is 19.8 Å². The van der Waals surface area contributed by atoms with Crippen molar-refractivity contribution in [3.05, 3.63) is 90.4 Å². The summed E-state index contributed by atoms with van der Waals surface area (Å²) in [5.74, 6) is -0.837. The van der Waals surface area contributed by atoms with E-state index >= 15 is 0 Å². The Morgan fingerprint density at radius 2 is 1.88 bits per heavy atom. The lowest BCUT2D eigenvalue weighted by Gasteiger charge is -2.24. The Morgan fingerprint density at radius 3 is 2.62 bits per heavy atom. The van der Waals surface area contributed by atoms with Gasteiger partial charge >= 0.3 is 0 Å². The SMILES string of the molecule is CC(=O)c1cn(CC(=O)N2CC(F)CC2C(=O)NCCCc2ccccc2)c2ccc(Nc3cccnc3)cc12. The van der Waals surface area contributed by atoms with Crippen LogP contribution in [0.3, 0.4) is 0 Å². The van der Waals surface area contributed by atoms with Crippen LogP contribution in [0, 0.1) is 0 Å². The van der Waals surface area contributed by atoms with Crippen molar-refractivity contribution >= 4 is 39.9 Å². The lowest BCUT2D eigenvalue weighted by atomic mass is 10.1. The van der Waals surface area contributed by atoms with E-state index < -0.39 is 12.2 Å². The number of aryl methyl sites for hydroxylation is 1. The zero-order valence-electron chi connectivity index (χ0n) is 22.3. The first-order valence-corrected chi connectivity index (χ1v) is 13.4. The maximum absolute atomic E-state index is 14.4. The molecule has 0 radical (unpaired) electrons. The molecule has 2 aromatic heterocycles. The number of anilines is 2. The predicted octanol–water partition coefficient (Wildman–Crippen LogP) is 4.67. The Balaban J connectivity index is 1.27. The number of amides is 2. The molecule has 2 amide bonds. The number of aromatic nitrogens is 2. The van der Waals surface area contributed by atoms with Gasteiger partial charge in [0, 0.05) is 47.5 Å². The van der Waals surface area contributed by atoms with Crippen LogP contribution >= 0.6 is 0 Å². The number of Topliss-reactive ketones (excluding diaryl/α,β-unsaturated/α-hetero) is 1. The van der Waals surface area contributed by atoms with Gasteiger partial charge in [0.2, 0.25) is 11.8 Å². The molecule has 1 fully saturated rings. The van der Waals surface area contributed by atoms with Gasteiger partial charge in [-0.1, -0.05) is 30.3 Å². The van der Waals surface area contributed by atoms with E-state index in [0.717, 1.165) is 24.2 Å². The Hall–Kier alpha value is -4.53. The molecule has 3 heterocycles. The molecule has 2 N–H and O–H groups in total. The van der Waals surface area contributed by atoms with Crippen molar-refractivity contribution in [3.63, 3.8) is 0 Å². The van der Waals surface area contributed by atoms with E-state index in [1.54, 1.807) is 23.2 Å². The van der Waals surface area contributed by atoms with Crippen LogP contribution < -0.4 is 10.6 Å². The normalized spacial score (nSPS) is 16.7. The quantitative estimate of drug-likeness (QED) is 0.225. The lowest BCUT2D eigenvalue weighted by Crippen LogP contribution is -2.47. The molecule has 0 bridgehead atoms. The number of hydrogen-bond acceptors (Lipinski definition) is 5. The number of carbonyl (C=O) groups excluding carboxylic acids is 3. The lowest BCUT2D eigenvalue weighted by molar-refractivity contribution is -0.138. The van der Waals surface area contributed by atoms with Crippen LogP contribution in [-0.4, -0.2) is 57.4 Å². The predicted molar refractivity (Wildman–Crippen MR) is 152 cm³/mol. The molecule has 9 heteroatoms. The largest absolute Gasteiger partial charge is 0.354 e. The van der Waals surface area contributed by atoms with Gasteiger partial charge in [0.1, 0.15) is 18.8 Å². The average molecular weight is 542 g/mol. The van der Waals surface area contributed by atoms with Gasteiger partial charge in [0.15, 0.2) is 5.78 Å². The first kappa shape index (κ1) is 27.1. The summed E-state index contributed by atoms with van der Waals surface area (Å²) in [6.07, 6.45) is 5.31. The second-order valence-corrected chi connectivity index (χ2v) is 10.1. The molecular formula is C31H32FN5O3. The minimum Gasteiger partial charge on any atom is -0.354 e.